The molecule has 1 aliphatic rings. The molecule has 2 rings (SSSR count). The van der Waals surface area contributed by atoms with Crippen LogP contribution in [-0.4, -0.2) is 37.6 Å². The SMILES string of the molecule is CC(C)C(=O)Nc1ccc(CNC(=O)C2CNCCO2)cc1. The number of rotatable bonds is 5. The largest absolute Gasteiger partial charge is 0.366 e. The first-order valence-corrected chi connectivity index (χ1v) is 7.56. The van der Waals surface area contributed by atoms with Gasteiger partial charge >= 0.3 is 0 Å². The molecule has 0 aromatic heterocycles. The van der Waals surface area contributed by atoms with Crippen LogP contribution in [0.5, 0.6) is 0 Å². The van der Waals surface area contributed by atoms with Gasteiger partial charge < -0.3 is 20.7 Å². The number of carbonyl (C=O) groups is 2. The lowest BCUT2D eigenvalue weighted by Crippen LogP contribution is -2.47. The van der Waals surface area contributed by atoms with Crippen LogP contribution in [0.15, 0.2) is 24.3 Å². The monoisotopic (exact) mass is 305 g/mol. The first-order chi connectivity index (χ1) is 10.6. The molecule has 0 spiro atoms. The highest BCUT2D eigenvalue weighted by Gasteiger charge is 2.21. The molecular formula is C16H23N3O3. The number of nitrogens with one attached hydrogen (secondary N) is 3. The number of hydrogen-bond acceptors (Lipinski definition) is 4. The number of anilines is 1. The second-order valence-corrected chi connectivity index (χ2v) is 5.62. The smallest absolute Gasteiger partial charge is 0.250 e. The zero-order valence-corrected chi connectivity index (χ0v) is 13.0. The predicted octanol–water partition coefficient (Wildman–Crippen LogP) is 0.886. The molecule has 6 heteroatoms. The van der Waals surface area contributed by atoms with Gasteiger partial charge in [-0.25, -0.2) is 0 Å². The van der Waals surface area contributed by atoms with E-state index < -0.39 is 6.10 Å². The number of hydrogen-bond donors (Lipinski definition) is 3. The Hall–Kier alpha value is -1.92. The Morgan fingerprint density at radius 2 is 2.05 bits per heavy atom. The first kappa shape index (κ1) is 16.5. The van der Waals surface area contributed by atoms with E-state index in [9.17, 15) is 9.59 Å². The lowest BCUT2D eigenvalue weighted by molar-refractivity contribution is -0.134. The van der Waals surface area contributed by atoms with E-state index in [0.717, 1.165) is 17.8 Å². The number of carbonyl (C=O) groups excluding carboxylic acids is 2. The summed E-state index contributed by atoms with van der Waals surface area (Å²) in [6.07, 6.45) is -0.418. The third-order valence-electron chi connectivity index (χ3n) is 3.43. The summed E-state index contributed by atoms with van der Waals surface area (Å²) in [6, 6.07) is 7.44. The molecule has 6 nitrogen and oxygen atoms in total. The van der Waals surface area contributed by atoms with Crippen LogP contribution in [0.2, 0.25) is 0 Å². The third-order valence-corrected chi connectivity index (χ3v) is 3.43. The highest BCUT2D eigenvalue weighted by molar-refractivity contribution is 5.92. The molecule has 1 fully saturated rings. The molecule has 3 N–H and O–H groups in total. The fourth-order valence-electron chi connectivity index (χ4n) is 2.03. The summed E-state index contributed by atoms with van der Waals surface area (Å²) in [7, 11) is 0. The van der Waals surface area contributed by atoms with Crippen LogP contribution in [0.3, 0.4) is 0 Å². The maximum atomic E-state index is 11.9. The van der Waals surface area contributed by atoms with Gasteiger partial charge in [0.25, 0.3) is 5.91 Å². The minimum Gasteiger partial charge on any atom is -0.366 e. The number of morpholine rings is 1. The van der Waals surface area contributed by atoms with Crippen LogP contribution >= 0.6 is 0 Å². The lowest BCUT2D eigenvalue weighted by Gasteiger charge is -2.22. The van der Waals surface area contributed by atoms with E-state index in [1.165, 1.54) is 0 Å². The molecule has 0 saturated carbocycles. The average molecular weight is 305 g/mol. The fraction of sp³-hybridized carbons (Fsp3) is 0.500. The lowest BCUT2D eigenvalue weighted by atomic mass is 10.1. The van der Waals surface area contributed by atoms with E-state index in [4.69, 9.17) is 4.74 Å². The Morgan fingerprint density at radius 1 is 1.32 bits per heavy atom. The van der Waals surface area contributed by atoms with E-state index >= 15 is 0 Å². The predicted molar refractivity (Wildman–Crippen MR) is 84.4 cm³/mol. The number of amides is 2. The van der Waals surface area contributed by atoms with E-state index in [0.29, 0.717) is 19.7 Å². The van der Waals surface area contributed by atoms with Gasteiger partial charge in [-0.2, -0.15) is 0 Å². The molecule has 22 heavy (non-hydrogen) atoms. The normalized spacial score (nSPS) is 18.0. The first-order valence-electron chi connectivity index (χ1n) is 7.56. The number of benzene rings is 1. The summed E-state index contributed by atoms with van der Waals surface area (Å²) in [5.74, 6) is -0.171. The Labute approximate surface area is 130 Å². The molecule has 1 aromatic carbocycles. The van der Waals surface area contributed by atoms with E-state index in [-0.39, 0.29) is 17.7 Å². The standard InChI is InChI=1S/C16H23N3O3/c1-11(2)15(20)19-13-5-3-12(4-6-13)9-18-16(21)14-10-17-7-8-22-14/h3-6,11,14,17H,7-10H2,1-2H3,(H,18,21)(H,19,20). The molecule has 1 aliphatic heterocycles. The van der Waals surface area contributed by atoms with Crippen LogP contribution in [-0.2, 0) is 20.9 Å². The van der Waals surface area contributed by atoms with Gasteiger partial charge in [0.05, 0.1) is 6.61 Å². The zero-order valence-electron chi connectivity index (χ0n) is 13.0. The van der Waals surface area contributed by atoms with Crippen molar-refractivity contribution in [3.05, 3.63) is 29.8 Å². The summed E-state index contributed by atoms with van der Waals surface area (Å²) in [5.41, 5.74) is 1.73. The van der Waals surface area contributed by atoms with Crippen molar-refractivity contribution < 1.29 is 14.3 Å². The van der Waals surface area contributed by atoms with Crippen LogP contribution in [0.4, 0.5) is 5.69 Å². The molecule has 2 amide bonds. The summed E-state index contributed by atoms with van der Waals surface area (Å²) >= 11 is 0. The summed E-state index contributed by atoms with van der Waals surface area (Å²) in [6.45, 7) is 6.03. The van der Waals surface area contributed by atoms with Crippen molar-refractivity contribution in [2.45, 2.75) is 26.5 Å². The molecule has 0 radical (unpaired) electrons. The molecule has 1 saturated heterocycles. The van der Waals surface area contributed by atoms with Crippen molar-refractivity contribution >= 4 is 17.5 Å². The average Bonchev–Trinajstić information content (AvgIpc) is 2.54. The summed E-state index contributed by atoms with van der Waals surface area (Å²) in [4.78, 5) is 23.5. The van der Waals surface area contributed by atoms with Crippen LogP contribution in [0.1, 0.15) is 19.4 Å². The molecule has 1 unspecified atom stereocenters. The maximum Gasteiger partial charge on any atom is 0.250 e. The minimum absolute atomic E-state index is 0.0111. The van der Waals surface area contributed by atoms with E-state index in [1.54, 1.807) is 0 Å². The highest BCUT2D eigenvalue weighted by atomic mass is 16.5. The van der Waals surface area contributed by atoms with Crippen molar-refractivity contribution in [1.82, 2.24) is 10.6 Å². The van der Waals surface area contributed by atoms with Gasteiger partial charge in [0.2, 0.25) is 5.91 Å². The van der Waals surface area contributed by atoms with E-state index in [1.807, 2.05) is 38.1 Å². The van der Waals surface area contributed by atoms with Crippen LogP contribution in [0, 0.1) is 5.92 Å². The van der Waals surface area contributed by atoms with Gasteiger partial charge in [0.1, 0.15) is 6.10 Å². The van der Waals surface area contributed by atoms with Crippen molar-refractivity contribution in [3.8, 4) is 0 Å². The Bertz CT molecular complexity index is 508. The van der Waals surface area contributed by atoms with Gasteiger partial charge in [-0.1, -0.05) is 26.0 Å². The number of ether oxygens (including phenoxy) is 1. The van der Waals surface area contributed by atoms with Gasteiger partial charge in [-0.05, 0) is 17.7 Å². The van der Waals surface area contributed by atoms with Crippen LogP contribution in [0.25, 0.3) is 0 Å². The van der Waals surface area contributed by atoms with Crippen molar-refractivity contribution in [2.75, 3.05) is 25.0 Å². The molecule has 1 heterocycles. The minimum atomic E-state index is -0.418. The molecule has 0 bridgehead atoms. The van der Waals surface area contributed by atoms with Gasteiger partial charge in [0.15, 0.2) is 0 Å². The Morgan fingerprint density at radius 3 is 2.64 bits per heavy atom. The van der Waals surface area contributed by atoms with Crippen molar-refractivity contribution in [3.63, 3.8) is 0 Å². The molecule has 1 aromatic rings. The molecule has 0 aliphatic carbocycles. The third kappa shape index (κ3) is 4.82. The second kappa shape index (κ2) is 7.91. The molecule has 120 valence electrons. The van der Waals surface area contributed by atoms with Gasteiger partial charge in [-0.3, -0.25) is 9.59 Å². The van der Waals surface area contributed by atoms with Gasteiger partial charge in [-0.15, -0.1) is 0 Å². The van der Waals surface area contributed by atoms with E-state index in [2.05, 4.69) is 16.0 Å². The van der Waals surface area contributed by atoms with Crippen LogP contribution < -0.4 is 16.0 Å². The second-order valence-electron chi connectivity index (χ2n) is 5.62. The molecule has 1 atom stereocenters. The maximum absolute atomic E-state index is 11.9. The quantitative estimate of drug-likeness (QED) is 0.755. The zero-order chi connectivity index (χ0) is 15.9. The Balaban J connectivity index is 1.81. The summed E-state index contributed by atoms with van der Waals surface area (Å²) in [5, 5.41) is 8.81. The van der Waals surface area contributed by atoms with Crippen molar-refractivity contribution in [2.24, 2.45) is 5.92 Å². The highest BCUT2D eigenvalue weighted by Crippen LogP contribution is 2.11. The topological polar surface area (TPSA) is 79.5 Å². The summed E-state index contributed by atoms with van der Waals surface area (Å²) < 4.78 is 5.39. The van der Waals surface area contributed by atoms with Crippen molar-refractivity contribution in [1.29, 1.82) is 0 Å². The Kier molecular flexibility index (Phi) is 5.91. The fourth-order valence-corrected chi connectivity index (χ4v) is 2.03. The molecular weight excluding hydrogens is 282 g/mol. The van der Waals surface area contributed by atoms with Gasteiger partial charge in [0, 0.05) is 31.2 Å².